The number of rotatable bonds is 3. The van der Waals surface area contributed by atoms with Gasteiger partial charge in [0.15, 0.2) is 5.76 Å². The third-order valence-corrected chi connectivity index (χ3v) is 3.62. The summed E-state index contributed by atoms with van der Waals surface area (Å²) in [5, 5.41) is 0.960. The van der Waals surface area contributed by atoms with Crippen LogP contribution in [-0.4, -0.2) is 18.5 Å². The van der Waals surface area contributed by atoms with E-state index in [9.17, 15) is 4.79 Å². The number of carbonyl (C=O) groups excluding carboxylic acids is 1. The van der Waals surface area contributed by atoms with E-state index in [1.54, 1.807) is 13.2 Å². The molecule has 0 radical (unpaired) electrons. The topological polar surface area (TPSA) is 39.4 Å². The fourth-order valence-corrected chi connectivity index (χ4v) is 2.34. The average molecular weight is 230 g/mol. The van der Waals surface area contributed by atoms with Gasteiger partial charge in [0.2, 0.25) is 5.78 Å². The zero-order chi connectivity index (χ0) is 11.9. The number of hydrogen-bond acceptors (Lipinski definition) is 3. The van der Waals surface area contributed by atoms with Crippen molar-refractivity contribution in [3.05, 3.63) is 36.1 Å². The van der Waals surface area contributed by atoms with E-state index in [1.807, 2.05) is 24.3 Å². The van der Waals surface area contributed by atoms with Crippen molar-refractivity contribution in [1.82, 2.24) is 0 Å². The number of para-hydroxylation sites is 1. The first-order chi connectivity index (χ1) is 8.25. The van der Waals surface area contributed by atoms with Gasteiger partial charge >= 0.3 is 0 Å². The van der Waals surface area contributed by atoms with Crippen LogP contribution in [-0.2, 0) is 4.74 Å². The van der Waals surface area contributed by atoms with E-state index < -0.39 is 5.60 Å². The monoisotopic (exact) mass is 230 g/mol. The predicted molar refractivity (Wildman–Crippen MR) is 64.1 cm³/mol. The van der Waals surface area contributed by atoms with Gasteiger partial charge in [-0.1, -0.05) is 18.2 Å². The second kappa shape index (κ2) is 3.70. The molecule has 3 heteroatoms. The maximum atomic E-state index is 12.3. The summed E-state index contributed by atoms with van der Waals surface area (Å²) in [5.74, 6) is 0.384. The molecule has 17 heavy (non-hydrogen) atoms. The number of benzene rings is 1. The van der Waals surface area contributed by atoms with Gasteiger partial charge in [0.05, 0.1) is 0 Å². The van der Waals surface area contributed by atoms with Crippen LogP contribution in [0.5, 0.6) is 0 Å². The molecule has 0 atom stereocenters. The van der Waals surface area contributed by atoms with Crippen molar-refractivity contribution < 1.29 is 13.9 Å². The van der Waals surface area contributed by atoms with Gasteiger partial charge in [0.1, 0.15) is 11.2 Å². The molecule has 0 N–H and O–H groups in total. The Morgan fingerprint density at radius 1 is 1.35 bits per heavy atom. The van der Waals surface area contributed by atoms with Gasteiger partial charge in [0.25, 0.3) is 0 Å². The van der Waals surface area contributed by atoms with E-state index in [-0.39, 0.29) is 5.78 Å². The van der Waals surface area contributed by atoms with Crippen LogP contribution in [0.15, 0.2) is 34.7 Å². The minimum Gasteiger partial charge on any atom is -0.453 e. The summed E-state index contributed by atoms with van der Waals surface area (Å²) in [5.41, 5.74) is 0.120. The molecule has 1 aliphatic rings. The molecule has 1 aliphatic carbocycles. The number of methoxy groups -OCH3 is 1. The lowest BCUT2D eigenvalue weighted by Crippen LogP contribution is -2.46. The Morgan fingerprint density at radius 2 is 2.12 bits per heavy atom. The highest BCUT2D eigenvalue weighted by atomic mass is 16.5. The van der Waals surface area contributed by atoms with E-state index in [0.29, 0.717) is 5.76 Å². The standard InChI is InChI=1S/C14H14O3/c1-16-14(7-4-8-14)13(15)12-9-10-5-2-3-6-11(10)17-12/h2-3,5-6,9H,4,7-8H2,1H3. The minimum atomic E-state index is -0.631. The van der Waals surface area contributed by atoms with Gasteiger partial charge in [-0.25, -0.2) is 0 Å². The Hall–Kier alpha value is -1.61. The largest absolute Gasteiger partial charge is 0.453 e. The highest BCUT2D eigenvalue weighted by Crippen LogP contribution is 2.38. The highest BCUT2D eigenvalue weighted by molar-refractivity contribution is 6.03. The lowest BCUT2D eigenvalue weighted by Gasteiger charge is -2.37. The average Bonchev–Trinajstić information content (AvgIpc) is 2.71. The number of furan rings is 1. The zero-order valence-electron chi connectivity index (χ0n) is 9.73. The van der Waals surface area contributed by atoms with E-state index in [4.69, 9.17) is 9.15 Å². The van der Waals surface area contributed by atoms with Gasteiger partial charge < -0.3 is 9.15 Å². The molecule has 88 valence electrons. The summed E-state index contributed by atoms with van der Waals surface area (Å²) in [6.07, 6.45) is 2.62. The molecular formula is C14H14O3. The van der Waals surface area contributed by atoms with Crippen molar-refractivity contribution in [2.45, 2.75) is 24.9 Å². The molecule has 0 bridgehead atoms. The molecule has 1 aromatic carbocycles. The molecule has 0 unspecified atom stereocenters. The van der Waals surface area contributed by atoms with Crippen LogP contribution in [0, 0.1) is 0 Å². The molecule has 1 fully saturated rings. The quantitative estimate of drug-likeness (QED) is 0.760. The molecular weight excluding hydrogens is 216 g/mol. The number of ketones is 1. The normalized spacial score (nSPS) is 17.9. The summed E-state index contributed by atoms with van der Waals surface area (Å²) >= 11 is 0. The Labute approximate surface area is 99.4 Å². The maximum absolute atomic E-state index is 12.3. The summed E-state index contributed by atoms with van der Waals surface area (Å²) in [6, 6.07) is 9.44. The molecule has 1 saturated carbocycles. The zero-order valence-corrected chi connectivity index (χ0v) is 9.73. The summed E-state index contributed by atoms with van der Waals surface area (Å²) < 4.78 is 11.0. The van der Waals surface area contributed by atoms with Crippen LogP contribution >= 0.6 is 0 Å². The SMILES string of the molecule is COC1(C(=O)c2cc3ccccc3o2)CCC1. The molecule has 0 aliphatic heterocycles. The minimum absolute atomic E-state index is 0.0255. The lowest BCUT2D eigenvalue weighted by molar-refractivity contribution is -0.0462. The predicted octanol–water partition coefficient (Wildman–Crippen LogP) is 3.18. The van der Waals surface area contributed by atoms with E-state index in [2.05, 4.69) is 0 Å². The summed E-state index contributed by atoms with van der Waals surface area (Å²) in [7, 11) is 1.60. The molecule has 3 rings (SSSR count). The van der Waals surface area contributed by atoms with E-state index in [0.717, 1.165) is 30.2 Å². The Morgan fingerprint density at radius 3 is 2.71 bits per heavy atom. The Balaban J connectivity index is 2.01. The molecule has 2 aromatic rings. The maximum Gasteiger partial charge on any atom is 0.229 e. The van der Waals surface area contributed by atoms with Crippen molar-refractivity contribution in [3.8, 4) is 0 Å². The molecule has 0 spiro atoms. The number of hydrogen-bond donors (Lipinski definition) is 0. The van der Waals surface area contributed by atoms with Crippen molar-refractivity contribution in [2.24, 2.45) is 0 Å². The Bertz CT molecular complexity index is 525. The fraction of sp³-hybridized carbons (Fsp3) is 0.357. The van der Waals surface area contributed by atoms with Crippen LogP contribution in [0.2, 0.25) is 0 Å². The fourth-order valence-electron chi connectivity index (χ4n) is 2.34. The van der Waals surface area contributed by atoms with Gasteiger partial charge in [-0.15, -0.1) is 0 Å². The van der Waals surface area contributed by atoms with Gasteiger partial charge in [0, 0.05) is 12.5 Å². The number of ether oxygens (including phenoxy) is 1. The van der Waals surface area contributed by atoms with Crippen molar-refractivity contribution >= 4 is 16.8 Å². The second-order valence-electron chi connectivity index (χ2n) is 4.53. The Kier molecular flexibility index (Phi) is 2.30. The van der Waals surface area contributed by atoms with Crippen molar-refractivity contribution in [3.63, 3.8) is 0 Å². The first-order valence-electron chi connectivity index (χ1n) is 5.84. The number of carbonyl (C=O) groups is 1. The van der Waals surface area contributed by atoms with Crippen molar-refractivity contribution in [1.29, 1.82) is 0 Å². The summed E-state index contributed by atoms with van der Waals surface area (Å²) in [6.45, 7) is 0. The van der Waals surface area contributed by atoms with Crippen molar-refractivity contribution in [2.75, 3.05) is 7.11 Å². The molecule has 3 nitrogen and oxygen atoms in total. The third-order valence-electron chi connectivity index (χ3n) is 3.62. The first kappa shape index (κ1) is 10.5. The van der Waals surface area contributed by atoms with Crippen LogP contribution in [0.25, 0.3) is 11.0 Å². The highest BCUT2D eigenvalue weighted by Gasteiger charge is 2.46. The molecule has 0 amide bonds. The van der Waals surface area contributed by atoms with Crippen LogP contribution < -0.4 is 0 Å². The molecule has 1 aromatic heterocycles. The second-order valence-corrected chi connectivity index (χ2v) is 4.53. The first-order valence-corrected chi connectivity index (χ1v) is 5.84. The van der Waals surface area contributed by atoms with E-state index >= 15 is 0 Å². The van der Waals surface area contributed by atoms with Gasteiger partial charge in [-0.2, -0.15) is 0 Å². The van der Waals surface area contributed by atoms with E-state index in [1.165, 1.54) is 0 Å². The summed E-state index contributed by atoms with van der Waals surface area (Å²) in [4.78, 5) is 12.3. The third kappa shape index (κ3) is 1.50. The smallest absolute Gasteiger partial charge is 0.229 e. The van der Waals surface area contributed by atoms with Gasteiger partial charge in [-0.3, -0.25) is 4.79 Å². The van der Waals surface area contributed by atoms with Crippen LogP contribution in [0.3, 0.4) is 0 Å². The number of fused-ring (bicyclic) bond motifs is 1. The van der Waals surface area contributed by atoms with Gasteiger partial charge in [-0.05, 0) is 31.4 Å². The number of Topliss-reactive ketones (excluding diaryl/α,β-unsaturated/α-hetero) is 1. The molecule has 0 saturated heterocycles. The molecule has 1 heterocycles. The van der Waals surface area contributed by atoms with Crippen LogP contribution in [0.4, 0.5) is 0 Å². The lowest BCUT2D eigenvalue weighted by atomic mass is 9.76. The van der Waals surface area contributed by atoms with Crippen LogP contribution in [0.1, 0.15) is 29.8 Å².